The molecule has 0 aromatic carbocycles. The van der Waals surface area contributed by atoms with E-state index >= 15 is 0 Å². The first-order chi connectivity index (χ1) is 8.32. The van der Waals surface area contributed by atoms with Crippen molar-refractivity contribution in [2.24, 2.45) is 5.73 Å². The van der Waals surface area contributed by atoms with Gasteiger partial charge in [0.25, 0.3) is 0 Å². The van der Waals surface area contributed by atoms with Gasteiger partial charge in [-0.1, -0.05) is 6.92 Å². The van der Waals surface area contributed by atoms with Crippen molar-refractivity contribution in [2.75, 3.05) is 25.9 Å². The third-order valence-electron chi connectivity index (χ3n) is 2.38. The maximum absolute atomic E-state index is 11.4. The van der Waals surface area contributed by atoms with Crippen molar-refractivity contribution in [3.8, 4) is 12.3 Å². The minimum Gasteiger partial charge on any atom is -0.355 e. The Labute approximate surface area is 109 Å². The average molecular weight is 275 g/mol. The third kappa shape index (κ3) is 6.59. The molecule has 6 nitrogen and oxygen atoms in total. The molecule has 0 aliphatic heterocycles. The molecule has 18 heavy (non-hydrogen) atoms. The van der Waals surface area contributed by atoms with Gasteiger partial charge in [-0.3, -0.25) is 4.79 Å². The lowest BCUT2D eigenvalue weighted by Gasteiger charge is -2.18. The second-order valence-corrected chi connectivity index (χ2v) is 5.90. The van der Waals surface area contributed by atoms with E-state index in [9.17, 15) is 13.2 Å². The van der Waals surface area contributed by atoms with Crippen molar-refractivity contribution in [1.82, 2.24) is 9.62 Å². The standard InChI is InChI=1S/C11H21N3O3S/c1-4-7-10(12)11(15)13-8-6-9-14(5-2)18(3,16)17/h1,10H,5-9,12H2,2-3H3,(H,13,15). The number of sulfonamides is 1. The fourth-order valence-electron chi connectivity index (χ4n) is 1.38. The van der Waals surface area contributed by atoms with Gasteiger partial charge in [0.1, 0.15) is 0 Å². The Morgan fingerprint density at radius 1 is 1.56 bits per heavy atom. The maximum atomic E-state index is 11.4. The van der Waals surface area contributed by atoms with E-state index in [1.54, 1.807) is 6.92 Å². The van der Waals surface area contributed by atoms with Crippen LogP contribution < -0.4 is 11.1 Å². The summed E-state index contributed by atoms with van der Waals surface area (Å²) in [5.74, 6) is 2.00. The van der Waals surface area contributed by atoms with E-state index in [1.165, 1.54) is 4.31 Å². The lowest BCUT2D eigenvalue weighted by atomic mass is 10.2. The summed E-state index contributed by atoms with van der Waals surface area (Å²) in [6.45, 7) is 2.94. The van der Waals surface area contributed by atoms with Gasteiger partial charge in [-0.15, -0.1) is 12.3 Å². The van der Waals surface area contributed by atoms with Crippen molar-refractivity contribution in [2.45, 2.75) is 25.8 Å². The first-order valence-corrected chi connectivity index (χ1v) is 7.59. The Hall–Kier alpha value is -1.10. The molecular weight excluding hydrogens is 254 g/mol. The molecule has 1 unspecified atom stereocenters. The topological polar surface area (TPSA) is 92.5 Å². The predicted molar refractivity (Wildman–Crippen MR) is 71.1 cm³/mol. The Balaban J connectivity index is 3.94. The van der Waals surface area contributed by atoms with Crippen molar-refractivity contribution in [3.05, 3.63) is 0 Å². The van der Waals surface area contributed by atoms with Gasteiger partial charge >= 0.3 is 0 Å². The molecule has 0 bridgehead atoms. The van der Waals surface area contributed by atoms with Crippen LogP contribution in [0.4, 0.5) is 0 Å². The molecule has 0 radical (unpaired) electrons. The van der Waals surface area contributed by atoms with E-state index in [2.05, 4.69) is 11.2 Å². The molecule has 0 fully saturated rings. The Bertz CT molecular complexity index is 400. The van der Waals surface area contributed by atoms with Crippen LogP contribution in [0.2, 0.25) is 0 Å². The van der Waals surface area contributed by atoms with Crippen LogP contribution in [-0.2, 0) is 14.8 Å². The number of hydrogen-bond acceptors (Lipinski definition) is 4. The lowest BCUT2D eigenvalue weighted by Crippen LogP contribution is -2.41. The first-order valence-electron chi connectivity index (χ1n) is 5.74. The summed E-state index contributed by atoms with van der Waals surface area (Å²) in [5.41, 5.74) is 5.50. The highest BCUT2D eigenvalue weighted by atomic mass is 32.2. The fourth-order valence-corrected chi connectivity index (χ4v) is 2.31. The Morgan fingerprint density at radius 2 is 2.17 bits per heavy atom. The number of carbonyl (C=O) groups excluding carboxylic acids is 1. The normalized spacial score (nSPS) is 13.1. The summed E-state index contributed by atoms with van der Waals surface area (Å²) < 4.78 is 23.9. The van der Waals surface area contributed by atoms with Crippen LogP contribution in [0, 0.1) is 12.3 Å². The van der Waals surface area contributed by atoms with E-state index in [0.717, 1.165) is 6.26 Å². The van der Waals surface area contributed by atoms with Crippen LogP contribution in [-0.4, -0.2) is 50.6 Å². The molecule has 0 spiro atoms. The summed E-state index contributed by atoms with van der Waals surface area (Å²) in [7, 11) is -3.17. The zero-order chi connectivity index (χ0) is 14.2. The van der Waals surface area contributed by atoms with Crippen LogP contribution in [0.3, 0.4) is 0 Å². The number of nitrogens with two attached hydrogens (primary N) is 1. The van der Waals surface area contributed by atoms with Gasteiger partial charge in [-0.25, -0.2) is 12.7 Å². The summed E-state index contributed by atoms with van der Waals surface area (Å²) in [6, 6.07) is -0.702. The molecule has 0 aliphatic carbocycles. The number of amides is 1. The highest BCUT2D eigenvalue weighted by Gasteiger charge is 2.14. The van der Waals surface area contributed by atoms with Gasteiger partial charge in [-0.2, -0.15) is 0 Å². The highest BCUT2D eigenvalue weighted by Crippen LogP contribution is 1.98. The molecular formula is C11H21N3O3S. The van der Waals surface area contributed by atoms with E-state index < -0.39 is 16.1 Å². The van der Waals surface area contributed by atoms with E-state index in [1.807, 2.05) is 0 Å². The Morgan fingerprint density at radius 3 is 2.61 bits per heavy atom. The van der Waals surface area contributed by atoms with Crippen LogP contribution in [0.15, 0.2) is 0 Å². The number of nitrogens with one attached hydrogen (secondary N) is 1. The van der Waals surface area contributed by atoms with Crippen molar-refractivity contribution in [1.29, 1.82) is 0 Å². The molecule has 0 aliphatic rings. The molecule has 7 heteroatoms. The molecule has 1 amide bonds. The lowest BCUT2D eigenvalue weighted by molar-refractivity contribution is -0.122. The summed E-state index contributed by atoms with van der Waals surface area (Å²) >= 11 is 0. The molecule has 0 saturated carbocycles. The first kappa shape index (κ1) is 16.9. The third-order valence-corrected chi connectivity index (χ3v) is 3.76. The number of rotatable bonds is 8. The molecule has 0 aromatic heterocycles. The van der Waals surface area contributed by atoms with Gasteiger partial charge in [-0.05, 0) is 6.42 Å². The van der Waals surface area contributed by atoms with Gasteiger partial charge in [0.15, 0.2) is 0 Å². The minimum atomic E-state index is -3.17. The van der Waals surface area contributed by atoms with Crippen molar-refractivity contribution < 1.29 is 13.2 Å². The zero-order valence-electron chi connectivity index (χ0n) is 10.8. The minimum absolute atomic E-state index is 0.191. The Kier molecular flexibility index (Phi) is 7.59. The SMILES string of the molecule is C#CCC(N)C(=O)NCCCN(CC)S(C)(=O)=O. The number of carbonyl (C=O) groups is 1. The van der Waals surface area contributed by atoms with E-state index in [0.29, 0.717) is 26.1 Å². The van der Waals surface area contributed by atoms with Crippen LogP contribution in [0.25, 0.3) is 0 Å². The number of hydrogen-bond donors (Lipinski definition) is 2. The average Bonchev–Trinajstić information content (AvgIpc) is 2.27. The zero-order valence-corrected chi connectivity index (χ0v) is 11.7. The maximum Gasteiger partial charge on any atom is 0.237 e. The number of nitrogens with zero attached hydrogens (tertiary/aromatic N) is 1. The van der Waals surface area contributed by atoms with E-state index in [4.69, 9.17) is 12.2 Å². The van der Waals surface area contributed by atoms with Crippen LogP contribution in [0.1, 0.15) is 19.8 Å². The molecule has 0 aromatic rings. The van der Waals surface area contributed by atoms with Gasteiger partial charge in [0.05, 0.1) is 12.3 Å². The molecule has 1 atom stereocenters. The second-order valence-electron chi connectivity index (χ2n) is 3.91. The monoisotopic (exact) mass is 275 g/mol. The van der Waals surface area contributed by atoms with Gasteiger partial charge in [0, 0.05) is 26.1 Å². The summed E-state index contributed by atoms with van der Waals surface area (Å²) in [5, 5.41) is 2.62. The molecule has 0 saturated heterocycles. The van der Waals surface area contributed by atoms with Crippen LogP contribution in [0.5, 0.6) is 0 Å². The molecule has 104 valence electrons. The number of terminal acetylenes is 1. The quantitative estimate of drug-likeness (QED) is 0.445. The molecule has 0 heterocycles. The largest absolute Gasteiger partial charge is 0.355 e. The van der Waals surface area contributed by atoms with Crippen molar-refractivity contribution in [3.63, 3.8) is 0 Å². The fraction of sp³-hybridized carbons (Fsp3) is 0.727. The predicted octanol–water partition coefficient (Wildman–Crippen LogP) is -0.875. The van der Waals surface area contributed by atoms with Gasteiger partial charge < -0.3 is 11.1 Å². The van der Waals surface area contributed by atoms with Crippen molar-refractivity contribution >= 4 is 15.9 Å². The molecule has 3 N–H and O–H groups in total. The summed E-state index contributed by atoms with van der Waals surface area (Å²) in [4.78, 5) is 11.4. The smallest absolute Gasteiger partial charge is 0.237 e. The van der Waals surface area contributed by atoms with E-state index in [-0.39, 0.29) is 12.3 Å². The second kappa shape index (κ2) is 8.08. The van der Waals surface area contributed by atoms with Crippen LogP contribution >= 0.6 is 0 Å². The molecule has 0 rings (SSSR count). The van der Waals surface area contributed by atoms with Gasteiger partial charge in [0.2, 0.25) is 15.9 Å². The highest BCUT2D eigenvalue weighted by molar-refractivity contribution is 7.88. The summed E-state index contributed by atoms with van der Waals surface area (Å²) in [6.07, 6.45) is 6.94.